The van der Waals surface area contributed by atoms with Gasteiger partial charge in [-0.15, -0.1) is 0 Å². The maximum absolute atomic E-state index is 13.2. The summed E-state index contributed by atoms with van der Waals surface area (Å²) in [7, 11) is 3.17. The van der Waals surface area contributed by atoms with Crippen LogP contribution in [0, 0.1) is 0 Å². The van der Waals surface area contributed by atoms with Gasteiger partial charge < -0.3 is 18.8 Å². The third kappa shape index (κ3) is 5.51. The molecule has 0 fully saturated rings. The van der Waals surface area contributed by atoms with E-state index in [-0.39, 0.29) is 23.8 Å². The van der Waals surface area contributed by atoms with Crippen molar-refractivity contribution in [2.45, 2.75) is 25.2 Å². The number of benzene rings is 2. The summed E-state index contributed by atoms with van der Waals surface area (Å²) in [5.74, 6) is 1.98. The fourth-order valence-electron chi connectivity index (χ4n) is 3.75. The molecule has 0 aliphatic rings. The molecule has 35 heavy (non-hydrogen) atoms. The Morgan fingerprint density at radius 2 is 1.89 bits per heavy atom. The Balaban J connectivity index is 1.54. The third-order valence-corrected chi connectivity index (χ3v) is 6.56. The first kappa shape index (κ1) is 24.4. The second-order valence-corrected chi connectivity index (χ2v) is 8.71. The summed E-state index contributed by atoms with van der Waals surface area (Å²) in [6.45, 7) is 3.15. The van der Waals surface area contributed by atoms with Crippen molar-refractivity contribution in [2.75, 3.05) is 26.5 Å². The van der Waals surface area contributed by atoms with Crippen LogP contribution in [0.15, 0.2) is 75.2 Å². The van der Waals surface area contributed by atoms with Gasteiger partial charge in [-0.05, 0) is 48.9 Å². The minimum atomic E-state index is -0.167. The quantitative estimate of drug-likeness (QED) is 0.242. The molecule has 4 rings (SSSR count). The van der Waals surface area contributed by atoms with Crippen molar-refractivity contribution in [3.05, 3.63) is 82.5 Å². The number of nitrogens with zero attached hydrogens (tertiary/aromatic N) is 3. The number of para-hydroxylation sites is 1. The third-order valence-electron chi connectivity index (χ3n) is 5.60. The van der Waals surface area contributed by atoms with Gasteiger partial charge in [-0.2, -0.15) is 0 Å². The Kier molecular flexibility index (Phi) is 7.77. The number of ether oxygens (including phenoxy) is 2. The van der Waals surface area contributed by atoms with E-state index in [0.29, 0.717) is 46.4 Å². The smallest absolute Gasteiger partial charge is 0.262 e. The molecular formula is C26H27N3O5S. The van der Waals surface area contributed by atoms with Crippen molar-refractivity contribution in [1.82, 2.24) is 14.5 Å². The molecule has 2 aromatic carbocycles. The molecule has 182 valence electrons. The average molecular weight is 494 g/mol. The molecule has 0 spiro atoms. The van der Waals surface area contributed by atoms with Gasteiger partial charge in [0, 0.05) is 13.1 Å². The van der Waals surface area contributed by atoms with Crippen molar-refractivity contribution in [3.63, 3.8) is 0 Å². The highest BCUT2D eigenvalue weighted by Gasteiger charge is 2.18. The largest absolute Gasteiger partial charge is 0.493 e. The summed E-state index contributed by atoms with van der Waals surface area (Å²) < 4.78 is 17.7. The van der Waals surface area contributed by atoms with Gasteiger partial charge >= 0.3 is 0 Å². The van der Waals surface area contributed by atoms with Crippen LogP contribution in [0.1, 0.15) is 18.2 Å². The zero-order chi connectivity index (χ0) is 24.8. The van der Waals surface area contributed by atoms with Crippen LogP contribution in [0.2, 0.25) is 0 Å². The summed E-state index contributed by atoms with van der Waals surface area (Å²) >= 11 is 1.25. The molecule has 0 aliphatic heterocycles. The number of hydrogen-bond donors (Lipinski definition) is 0. The molecule has 4 aromatic rings. The summed E-state index contributed by atoms with van der Waals surface area (Å²) in [4.78, 5) is 32.8. The number of methoxy groups -OCH3 is 2. The summed E-state index contributed by atoms with van der Waals surface area (Å²) in [5, 5.41) is 0.999. The molecule has 2 heterocycles. The molecule has 2 aromatic heterocycles. The van der Waals surface area contributed by atoms with Gasteiger partial charge in [0.1, 0.15) is 5.76 Å². The van der Waals surface area contributed by atoms with E-state index in [1.165, 1.54) is 11.8 Å². The molecule has 0 unspecified atom stereocenters. The number of rotatable bonds is 10. The highest BCUT2D eigenvalue weighted by Crippen LogP contribution is 2.28. The van der Waals surface area contributed by atoms with Crippen molar-refractivity contribution < 1.29 is 18.7 Å². The van der Waals surface area contributed by atoms with Gasteiger partial charge in [-0.3, -0.25) is 14.2 Å². The van der Waals surface area contributed by atoms with Gasteiger partial charge in [0.05, 0.1) is 43.7 Å². The standard InChI is InChI=1S/C26H27N3O5S/c1-4-28(15-18-11-12-22(32-2)23(14-18)33-3)24(30)17-35-26-27-21-10-6-5-9-20(21)25(31)29(26)16-19-8-7-13-34-19/h5-14H,4,15-17H2,1-3H3. The Hall–Kier alpha value is -3.72. The van der Waals surface area contributed by atoms with E-state index in [9.17, 15) is 9.59 Å². The SMILES string of the molecule is CCN(Cc1ccc(OC)c(OC)c1)C(=O)CSc1nc2ccccc2c(=O)n1Cc1ccco1. The van der Waals surface area contributed by atoms with E-state index < -0.39 is 0 Å². The van der Waals surface area contributed by atoms with Crippen LogP contribution in [0.5, 0.6) is 11.5 Å². The molecule has 0 saturated heterocycles. The first-order valence-corrected chi connectivity index (χ1v) is 12.2. The molecule has 9 heteroatoms. The maximum atomic E-state index is 13.2. The van der Waals surface area contributed by atoms with Crippen molar-refractivity contribution in [3.8, 4) is 11.5 Å². The van der Waals surface area contributed by atoms with E-state index >= 15 is 0 Å². The number of hydrogen-bond acceptors (Lipinski definition) is 7. The molecule has 1 amide bonds. The lowest BCUT2D eigenvalue weighted by Gasteiger charge is -2.22. The van der Waals surface area contributed by atoms with Crippen molar-refractivity contribution in [2.24, 2.45) is 0 Å². The molecule has 0 bridgehead atoms. The minimum absolute atomic E-state index is 0.0563. The van der Waals surface area contributed by atoms with Crippen molar-refractivity contribution in [1.29, 1.82) is 0 Å². The first-order chi connectivity index (χ1) is 17.0. The Bertz CT molecular complexity index is 1370. The zero-order valence-electron chi connectivity index (χ0n) is 19.9. The average Bonchev–Trinajstić information content (AvgIpc) is 3.41. The number of carbonyl (C=O) groups is 1. The molecule has 8 nitrogen and oxygen atoms in total. The van der Waals surface area contributed by atoms with Crippen LogP contribution in [0.3, 0.4) is 0 Å². The fraction of sp³-hybridized carbons (Fsp3) is 0.269. The second kappa shape index (κ2) is 11.1. The highest BCUT2D eigenvalue weighted by atomic mass is 32.2. The summed E-state index contributed by atoms with van der Waals surface area (Å²) in [6.07, 6.45) is 1.57. The predicted octanol–water partition coefficient (Wildman–Crippen LogP) is 4.20. The number of fused-ring (bicyclic) bond motifs is 1. The Labute approximate surface area is 207 Å². The van der Waals surface area contributed by atoms with E-state index in [2.05, 4.69) is 4.98 Å². The maximum Gasteiger partial charge on any atom is 0.262 e. The van der Waals surface area contributed by atoms with Crippen LogP contribution in [-0.2, 0) is 17.9 Å². The van der Waals surface area contributed by atoms with Crippen LogP contribution in [0.4, 0.5) is 0 Å². The summed E-state index contributed by atoms with van der Waals surface area (Å²) in [5.41, 5.74) is 1.36. The number of carbonyl (C=O) groups excluding carboxylic acids is 1. The molecule has 0 aliphatic carbocycles. The first-order valence-electron chi connectivity index (χ1n) is 11.2. The van der Waals surface area contributed by atoms with Gasteiger partial charge in [0.25, 0.3) is 5.56 Å². The Morgan fingerprint density at radius 3 is 2.60 bits per heavy atom. The zero-order valence-corrected chi connectivity index (χ0v) is 20.7. The molecule has 0 N–H and O–H groups in total. The van der Waals surface area contributed by atoms with Crippen LogP contribution in [0.25, 0.3) is 10.9 Å². The minimum Gasteiger partial charge on any atom is -0.493 e. The summed E-state index contributed by atoms with van der Waals surface area (Å²) in [6, 6.07) is 16.4. The van der Waals surface area contributed by atoms with Gasteiger partial charge in [0.15, 0.2) is 16.7 Å². The predicted molar refractivity (Wildman–Crippen MR) is 135 cm³/mol. The van der Waals surface area contributed by atoms with Gasteiger partial charge in [-0.1, -0.05) is 30.0 Å². The monoisotopic (exact) mass is 493 g/mol. The number of thioether (sulfide) groups is 1. The van der Waals surface area contributed by atoms with E-state index in [1.54, 1.807) is 48.1 Å². The van der Waals surface area contributed by atoms with E-state index in [4.69, 9.17) is 13.9 Å². The lowest BCUT2D eigenvalue weighted by Crippen LogP contribution is -2.32. The Morgan fingerprint density at radius 1 is 1.09 bits per heavy atom. The number of aromatic nitrogens is 2. The highest BCUT2D eigenvalue weighted by molar-refractivity contribution is 7.99. The van der Waals surface area contributed by atoms with Crippen LogP contribution < -0.4 is 15.0 Å². The van der Waals surface area contributed by atoms with Crippen LogP contribution in [-0.4, -0.2) is 46.9 Å². The molecule has 0 atom stereocenters. The second-order valence-electron chi connectivity index (χ2n) is 7.77. The molecule has 0 saturated carbocycles. The number of amides is 1. The van der Waals surface area contributed by atoms with E-state index in [1.807, 2.05) is 43.3 Å². The number of furan rings is 1. The lowest BCUT2D eigenvalue weighted by molar-refractivity contribution is -0.128. The lowest BCUT2D eigenvalue weighted by atomic mass is 10.2. The topological polar surface area (TPSA) is 86.8 Å². The molecular weight excluding hydrogens is 466 g/mol. The van der Waals surface area contributed by atoms with Crippen LogP contribution >= 0.6 is 11.8 Å². The van der Waals surface area contributed by atoms with Gasteiger partial charge in [-0.25, -0.2) is 4.98 Å². The fourth-order valence-corrected chi connectivity index (χ4v) is 4.65. The van der Waals surface area contributed by atoms with Gasteiger partial charge in [0.2, 0.25) is 5.91 Å². The molecule has 0 radical (unpaired) electrons. The van der Waals surface area contributed by atoms with E-state index in [0.717, 1.165) is 5.56 Å². The normalized spacial score (nSPS) is 10.9. The van der Waals surface area contributed by atoms with Crippen molar-refractivity contribution >= 4 is 28.6 Å².